The summed E-state index contributed by atoms with van der Waals surface area (Å²) >= 11 is 4.70. The van der Waals surface area contributed by atoms with Crippen LogP contribution in [0.5, 0.6) is 5.75 Å². The van der Waals surface area contributed by atoms with Gasteiger partial charge in [0.15, 0.2) is 0 Å². The third kappa shape index (κ3) is 2.70. The molecule has 0 saturated carbocycles. The van der Waals surface area contributed by atoms with Crippen LogP contribution in [0.15, 0.2) is 28.7 Å². The lowest BCUT2D eigenvalue weighted by atomic mass is 10.3. The smallest absolute Gasteiger partial charge is 0.136 e. The van der Waals surface area contributed by atoms with E-state index in [0.29, 0.717) is 6.61 Å². The predicted molar refractivity (Wildman–Crippen MR) is 67.9 cm³/mol. The first-order chi connectivity index (χ1) is 7.79. The van der Waals surface area contributed by atoms with E-state index < -0.39 is 0 Å². The van der Waals surface area contributed by atoms with Crippen LogP contribution in [0.2, 0.25) is 0 Å². The highest BCUT2D eigenvalue weighted by Crippen LogP contribution is 2.20. The number of nitrogens with one attached hydrogen (secondary N) is 1. The van der Waals surface area contributed by atoms with Crippen molar-refractivity contribution >= 4 is 32.5 Å². The van der Waals surface area contributed by atoms with E-state index in [-0.39, 0.29) is 0 Å². The minimum Gasteiger partial charge on any atom is -0.487 e. The standard InChI is InChI=1S/C10H10BrN3OS/c1-12-10-9(13-14-16-10)6-15-8-4-2-7(11)3-5-8/h2-5,12H,6H2,1H3. The zero-order valence-electron chi connectivity index (χ0n) is 8.61. The van der Waals surface area contributed by atoms with Crippen LogP contribution in [0.25, 0.3) is 0 Å². The first kappa shape index (κ1) is 11.3. The molecule has 1 aromatic heterocycles. The lowest BCUT2D eigenvalue weighted by Gasteiger charge is -2.04. The Labute approximate surface area is 106 Å². The van der Waals surface area contributed by atoms with Crippen molar-refractivity contribution in [3.8, 4) is 5.75 Å². The molecule has 0 fully saturated rings. The molecule has 0 saturated heterocycles. The molecule has 0 bridgehead atoms. The SMILES string of the molecule is CNc1snnc1COc1ccc(Br)cc1. The van der Waals surface area contributed by atoms with Crippen LogP contribution < -0.4 is 10.1 Å². The maximum Gasteiger partial charge on any atom is 0.136 e. The van der Waals surface area contributed by atoms with Crippen molar-refractivity contribution in [3.05, 3.63) is 34.4 Å². The predicted octanol–water partition coefficient (Wildman–Crippen LogP) is 2.92. The molecule has 0 aliphatic carbocycles. The molecule has 0 radical (unpaired) electrons. The zero-order valence-corrected chi connectivity index (χ0v) is 11.0. The number of anilines is 1. The maximum atomic E-state index is 5.59. The quantitative estimate of drug-likeness (QED) is 0.943. The first-order valence-electron chi connectivity index (χ1n) is 4.67. The van der Waals surface area contributed by atoms with Crippen molar-refractivity contribution < 1.29 is 4.74 Å². The van der Waals surface area contributed by atoms with E-state index in [0.717, 1.165) is 20.9 Å². The molecule has 0 atom stereocenters. The van der Waals surface area contributed by atoms with Crippen LogP contribution in [0.3, 0.4) is 0 Å². The molecule has 0 aliphatic heterocycles. The Hall–Kier alpha value is -1.14. The second-order valence-electron chi connectivity index (χ2n) is 3.04. The average molecular weight is 300 g/mol. The van der Waals surface area contributed by atoms with Crippen molar-refractivity contribution in [1.29, 1.82) is 0 Å². The second kappa shape index (κ2) is 5.27. The molecule has 2 rings (SSSR count). The van der Waals surface area contributed by atoms with Crippen LogP contribution in [0, 0.1) is 0 Å². The Morgan fingerprint density at radius 2 is 2.12 bits per heavy atom. The zero-order chi connectivity index (χ0) is 11.4. The Morgan fingerprint density at radius 1 is 1.38 bits per heavy atom. The van der Waals surface area contributed by atoms with Crippen LogP contribution >= 0.6 is 27.5 Å². The minimum absolute atomic E-state index is 0.425. The van der Waals surface area contributed by atoms with Gasteiger partial charge in [0, 0.05) is 23.1 Å². The summed E-state index contributed by atoms with van der Waals surface area (Å²) in [4.78, 5) is 0. The van der Waals surface area contributed by atoms with Gasteiger partial charge in [0.25, 0.3) is 0 Å². The van der Waals surface area contributed by atoms with Crippen LogP contribution in [-0.2, 0) is 6.61 Å². The van der Waals surface area contributed by atoms with Crippen molar-refractivity contribution in [3.63, 3.8) is 0 Å². The summed E-state index contributed by atoms with van der Waals surface area (Å²) in [7, 11) is 1.85. The number of rotatable bonds is 4. The lowest BCUT2D eigenvalue weighted by molar-refractivity contribution is 0.301. The highest BCUT2D eigenvalue weighted by Gasteiger charge is 2.06. The van der Waals surface area contributed by atoms with Gasteiger partial charge in [-0.2, -0.15) is 0 Å². The molecular weight excluding hydrogens is 290 g/mol. The highest BCUT2D eigenvalue weighted by molar-refractivity contribution is 9.10. The summed E-state index contributed by atoms with van der Waals surface area (Å²) in [5.74, 6) is 0.818. The fourth-order valence-electron chi connectivity index (χ4n) is 1.18. The summed E-state index contributed by atoms with van der Waals surface area (Å²) in [6.07, 6.45) is 0. The van der Waals surface area contributed by atoms with Gasteiger partial charge < -0.3 is 10.1 Å². The van der Waals surface area contributed by atoms with Crippen molar-refractivity contribution in [2.24, 2.45) is 0 Å². The van der Waals surface area contributed by atoms with Gasteiger partial charge in [0.1, 0.15) is 23.1 Å². The van der Waals surface area contributed by atoms with Crippen LogP contribution in [-0.4, -0.2) is 16.6 Å². The number of hydrogen-bond acceptors (Lipinski definition) is 5. The van der Waals surface area contributed by atoms with Gasteiger partial charge >= 0.3 is 0 Å². The largest absolute Gasteiger partial charge is 0.487 e. The molecular formula is C10H10BrN3OS. The number of halogens is 1. The summed E-state index contributed by atoms with van der Waals surface area (Å²) in [5, 5.41) is 7.96. The summed E-state index contributed by atoms with van der Waals surface area (Å²) < 4.78 is 10.5. The summed E-state index contributed by atoms with van der Waals surface area (Å²) in [5.41, 5.74) is 0.829. The van der Waals surface area contributed by atoms with E-state index in [1.165, 1.54) is 11.5 Å². The Bertz CT molecular complexity index is 457. The van der Waals surface area contributed by atoms with Gasteiger partial charge in [-0.25, -0.2) is 0 Å². The number of ether oxygens (including phenoxy) is 1. The van der Waals surface area contributed by atoms with Gasteiger partial charge in [-0.1, -0.05) is 20.4 Å². The lowest BCUT2D eigenvalue weighted by Crippen LogP contribution is -1.99. The summed E-state index contributed by atoms with van der Waals surface area (Å²) in [6.45, 7) is 0.425. The Kier molecular flexibility index (Phi) is 3.74. The number of aromatic nitrogens is 2. The topological polar surface area (TPSA) is 47.0 Å². The third-order valence-electron chi connectivity index (χ3n) is 1.97. The molecule has 1 N–H and O–H groups in total. The van der Waals surface area contributed by atoms with Crippen LogP contribution in [0.1, 0.15) is 5.69 Å². The molecule has 16 heavy (non-hydrogen) atoms. The molecule has 0 amide bonds. The van der Waals surface area contributed by atoms with Gasteiger partial charge in [0.05, 0.1) is 0 Å². The van der Waals surface area contributed by atoms with Crippen molar-refractivity contribution in [2.45, 2.75) is 6.61 Å². The first-order valence-corrected chi connectivity index (χ1v) is 6.23. The van der Waals surface area contributed by atoms with E-state index in [4.69, 9.17) is 4.74 Å². The van der Waals surface area contributed by atoms with E-state index in [1.54, 1.807) is 0 Å². The van der Waals surface area contributed by atoms with E-state index in [1.807, 2.05) is 31.3 Å². The monoisotopic (exact) mass is 299 g/mol. The molecule has 0 spiro atoms. The number of benzene rings is 1. The average Bonchev–Trinajstić information content (AvgIpc) is 2.76. The molecule has 0 unspecified atom stereocenters. The molecule has 2 aromatic rings. The molecule has 1 aromatic carbocycles. The fraction of sp³-hybridized carbons (Fsp3) is 0.200. The van der Waals surface area contributed by atoms with Crippen molar-refractivity contribution in [1.82, 2.24) is 9.59 Å². The van der Waals surface area contributed by atoms with E-state index >= 15 is 0 Å². The molecule has 0 aliphatic rings. The highest BCUT2D eigenvalue weighted by atomic mass is 79.9. The normalized spacial score (nSPS) is 10.1. The van der Waals surface area contributed by atoms with Gasteiger partial charge in [0.2, 0.25) is 0 Å². The summed E-state index contributed by atoms with van der Waals surface area (Å²) in [6, 6.07) is 7.69. The van der Waals surface area contributed by atoms with Gasteiger partial charge in [-0.15, -0.1) is 5.10 Å². The molecule has 4 nitrogen and oxygen atoms in total. The molecule has 1 heterocycles. The molecule has 84 valence electrons. The maximum absolute atomic E-state index is 5.59. The molecule has 6 heteroatoms. The van der Waals surface area contributed by atoms with Crippen LogP contribution in [0.4, 0.5) is 5.00 Å². The Balaban J connectivity index is 1.99. The minimum atomic E-state index is 0.425. The third-order valence-corrected chi connectivity index (χ3v) is 3.29. The van der Waals surface area contributed by atoms with E-state index in [9.17, 15) is 0 Å². The van der Waals surface area contributed by atoms with E-state index in [2.05, 4.69) is 30.8 Å². The fourth-order valence-corrected chi connectivity index (χ4v) is 1.96. The number of nitrogens with zero attached hydrogens (tertiary/aromatic N) is 2. The number of hydrogen-bond donors (Lipinski definition) is 1. The van der Waals surface area contributed by atoms with Gasteiger partial charge in [-0.3, -0.25) is 0 Å². The Morgan fingerprint density at radius 3 is 2.81 bits per heavy atom. The van der Waals surface area contributed by atoms with Gasteiger partial charge in [-0.05, 0) is 24.3 Å². The second-order valence-corrected chi connectivity index (χ2v) is 4.71. The van der Waals surface area contributed by atoms with Crippen molar-refractivity contribution in [2.75, 3.05) is 12.4 Å².